The summed E-state index contributed by atoms with van der Waals surface area (Å²) in [5.74, 6) is 0.129. The van der Waals surface area contributed by atoms with Crippen LogP contribution in [0.3, 0.4) is 0 Å². The molecule has 1 aromatic heterocycles. The van der Waals surface area contributed by atoms with E-state index in [1.165, 1.54) is 18.5 Å². The van der Waals surface area contributed by atoms with Crippen LogP contribution < -0.4 is 10.9 Å². The highest BCUT2D eigenvalue weighted by Gasteiger charge is 2.16. The molecular formula is C17H15FN4O2S. The zero-order valence-electron chi connectivity index (χ0n) is 13.1. The van der Waals surface area contributed by atoms with E-state index >= 15 is 0 Å². The fourth-order valence-corrected chi connectivity index (χ4v) is 3.34. The van der Waals surface area contributed by atoms with Crippen LogP contribution in [0.4, 0.5) is 10.3 Å². The Morgan fingerprint density at radius 3 is 2.28 bits per heavy atom. The van der Waals surface area contributed by atoms with Gasteiger partial charge < -0.3 is 5.73 Å². The van der Waals surface area contributed by atoms with E-state index in [9.17, 15) is 12.8 Å². The van der Waals surface area contributed by atoms with E-state index in [-0.39, 0.29) is 10.8 Å². The number of hydrogen-bond donors (Lipinski definition) is 2. The second kappa shape index (κ2) is 6.58. The first kappa shape index (κ1) is 17.0. The number of nitrogen functional groups attached to an aromatic ring is 1. The molecule has 0 aliphatic heterocycles. The Kier molecular flexibility index (Phi) is 4.47. The van der Waals surface area contributed by atoms with Crippen molar-refractivity contribution in [2.75, 3.05) is 5.73 Å². The highest BCUT2D eigenvalue weighted by molar-refractivity contribution is 7.89. The molecule has 0 spiro atoms. The van der Waals surface area contributed by atoms with Gasteiger partial charge in [-0.15, -0.1) is 0 Å². The Balaban J connectivity index is 2.14. The van der Waals surface area contributed by atoms with Gasteiger partial charge in [0.25, 0.3) is 0 Å². The van der Waals surface area contributed by atoms with Crippen molar-refractivity contribution in [1.82, 2.24) is 9.97 Å². The Labute approximate surface area is 144 Å². The smallest absolute Gasteiger partial charge is 0.238 e. The zero-order valence-corrected chi connectivity index (χ0v) is 13.9. The maximum atomic E-state index is 13.6. The van der Waals surface area contributed by atoms with Gasteiger partial charge in [-0.1, -0.05) is 30.3 Å². The summed E-state index contributed by atoms with van der Waals surface area (Å²) in [4.78, 5) is 7.80. The van der Waals surface area contributed by atoms with Crippen LogP contribution in [0.5, 0.6) is 0 Å². The van der Waals surface area contributed by atoms with Crippen molar-refractivity contribution in [2.24, 2.45) is 5.14 Å². The largest absolute Gasteiger partial charge is 0.368 e. The number of benzene rings is 2. The zero-order chi connectivity index (χ0) is 18.0. The van der Waals surface area contributed by atoms with Crippen molar-refractivity contribution in [2.45, 2.75) is 11.6 Å². The van der Waals surface area contributed by atoms with Gasteiger partial charge in [-0.05, 0) is 28.8 Å². The summed E-state index contributed by atoms with van der Waals surface area (Å²) in [6.45, 7) is -0.731. The lowest BCUT2D eigenvalue weighted by molar-refractivity contribution is 0.486. The highest BCUT2D eigenvalue weighted by Crippen LogP contribution is 2.32. The molecular weight excluding hydrogens is 343 g/mol. The van der Waals surface area contributed by atoms with Crippen molar-refractivity contribution in [3.05, 3.63) is 60.4 Å². The van der Waals surface area contributed by atoms with Crippen LogP contribution in [-0.4, -0.2) is 18.4 Å². The molecule has 0 atom stereocenters. The van der Waals surface area contributed by atoms with Gasteiger partial charge >= 0.3 is 0 Å². The fraction of sp³-hybridized carbons (Fsp3) is 0.0588. The molecule has 3 aromatic rings. The van der Waals surface area contributed by atoms with Crippen molar-refractivity contribution in [1.29, 1.82) is 0 Å². The highest BCUT2D eigenvalue weighted by atomic mass is 32.2. The van der Waals surface area contributed by atoms with Crippen LogP contribution in [-0.2, 0) is 16.7 Å². The van der Waals surface area contributed by atoms with E-state index in [4.69, 9.17) is 10.9 Å². The molecule has 8 heteroatoms. The summed E-state index contributed by atoms with van der Waals surface area (Å²) in [5.41, 5.74) is 8.05. The molecule has 0 bridgehead atoms. The molecule has 128 valence electrons. The van der Waals surface area contributed by atoms with E-state index < -0.39 is 16.7 Å². The van der Waals surface area contributed by atoms with Crippen LogP contribution in [0.15, 0.2) is 59.8 Å². The number of alkyl halides is 1. The van der Waals surface area contributed by atoms with E-state index in [0.29, 0.717) is 27.8 Å². The second-order valence-corrected chi connectivity index (χ2v) is 6.91. The van der Waals surface area contributed by atoms with Crippen molar-refractivity contribution in [3.63, 3.8) is 0 Å². The fourth-order valence-electron chi connectivity index (χ4n) is 2.58. The number of hydrogen-bond acceptors (Lipinski definition) is 5. The Bertz CT molecular complexity index is 1020. The Morgan fingerprint density at radius 2 is 1.64 bits per heavy atom. The normalized spacial score (nSPS) is 11.4. The standard InChI is InChI=1S/C17H15FN4O2S/c18-8-12-7-11(15-3-1-2-4-16(15)25(20,23)24)5-6-14(12)13-9-21-17(19)22-10-13/h1-7,9-10H,8H2,(H2,19,21,22)(H2,20,23,24). The second-order valence-electron chi connectivity index (χ2n) is 5.38. The van der Waals surface area contributed by atoms with E-state index in [1.54, 1.807) is 36.4 Å². The van der Waals surface area contributed by atoms with Gasteiger partial charge in [0.05, 0.1) is 4.90 Å². The average molecular weight is 358 g/mol. The first-order valence-corrected chi connectivity index (χ1v) is 8.84. The molecule has 1 heterocycles. The summed E-state index contributed by atoms with van der Waals surface area (Å²) < 4.78 is 37.1. The number of anilines is 1. The molecule has 0 saturated heterocycles. The van der Waals surface area contributed by atoms with Crippen LogP contribution in [0.1, 0.15) is 5.56 Å². The SMILES string of the molecule is Nc1ncc(-c2ccc(-c3ccccc3S(N)(=O)=O)cc2CF)cn1. The summed E-state index contributed by atoms with van der Waals surface area (Å²) >= 11 is 0. The molecule has 0 saturated carbocycles. The van der Waals surface area contributed by atoms with Gasteiger partial charge in [-0.3, -0.25) is 0 Å². The molecule has 25 heavy (non-hydrogen) atoms. The van der Waals surface area contributed by atoms with Crippen molar-refractivity contribution in [3.8, 4) is 22.3 Å². The number of primary sulfonamides is 1. The van der Waals surface area contributed by atoms with E-state index in [0.717, 1.165) is 0 Å². The predicted octanol–water partition coefficient (Wildman–Crippen LogP) is 2.51. The molecule has 0 fully saturated rings. The summed E-state index contributed by atoms with van der Waals surface area (Å²) in [7, 11) is -3.90. The first-order valence-electron chi connectivity index (χ1n) is 7.29. The Hall–Kier alpha value is -2.84. The number of sulfonamides is 1. The average Bonchev–Trinajstić information content (AvgIpc) is 2.61. The summed E-state index contributed by atoms with van der Waals surface area (Å²) in [5, 5.41) is 5.27. The maximum absolute atomic E-state index is 13.6. The third-order valence-electron chi connectivity index (χ3n) is 3.74. The molecule has 2 aromatic carbocycles. The minimum Gasteiger partial charge on any atom is -0.368 e. The van der Waals surface area contributed by atoms with Crippen LogP contribution in [0, 0.1) is 0 Å². The maximum Gasteiger partial charge on any atom is 0.238 e. The van der Waals surface area contributed by atoms with Gasteiger partial charge in [0.15, 0.2) is 0 Å². The lowest BCUT2D eigenvalue weighted by Crippen LogP contribution is -2.13. The minimum absolute atomic E-state index is 0.0108. The summed E-state index contributed by atoms with van der Waals surface area (Å²) in [6.07, 6.45) is 3.02. The van der Waals surface area contributed by atoms with Gasteiger partial charge in [0, 0.05) is 23.5 Å². The topological polar surface area (TPSA) is 112 Å². The monoisotopic (exact) mass is 358 g/mol. The third-order valence-corrected chi connectivity index (χ3v) is 4.71. The predicted molar refractivity (Wildman–Crippen MR) is 93.5 cm³/mol. The lowest BCUT2D eigenvalue weighted by Gasteiger charge is -2.12. The van der Waals surface area contributed by atoms with Crippen LogP contribution >= 0.6 is 0 Å². The van der Waals surface area contributed by atoms with E-state index in [1.807, 2.05) is 0 Å². The third kappa shape index (κ3) is 3.49. The number of nitrogens with zero attached hydrogens (tertiary/aromatic N) is 2. The molecule has 0 aliphatic carbocycles. The molecule has 0 unspecified atom stereocenters. The summed E-state index contributed by atoms with van der Waals surface area (Å²) in [6, 6.07) is 11.3. The van der Waals surface area contributed by atoms with Gasteiger partial charge in [0.2, 0.25) is 16.0 Å². The van der Waals surface area contributed by atoms with Crippen LogP contribution in [0.2, 0.25) is 0 Å². The molecule has 4 N–H and O–H groups in total. The molecule has 0 amide bonds. The number of rotatable bonds is 4. The lowest BCUT2D eigenvalue weighted by atomic mass is 9.97. The number of aromatic nitrogens is 2. The van der Waals surface area contributed by atoms with Gasteiger partial charge in [-0.2, -0.15) is 0 Å². The minimum atomic E-state index is -3.90. The molecule has 0 radical (unpaired) electrons. The van der Waals surface area contributed by atoms with Crippen molar-refractivity contribution >= 4 is 16.0 Å². The number of nitrogens with two attached hydrogens (primary N) is 2. The molecule has 3 rings (SSSR count). The first-order chi connectivity index (χ1) is 11.9. The molecule has 0 aliphatic rings. The van der Waals surface area contributed by atoms with Gasteiger partial charge in [-0.25, -0.2) is 27.9 Å². The quantitative estimate of drug-likeness (QED) is 0.744. The van der Waals surface area contributed by atoms with Crippen LogP contribution in [0.25, 0.3) is 22.3 Å². The van der Waals surface area contributed by atoms with Gasteiger partial charge in [0.1, 0.15) is 6.67 Å². The molecule has 6 nitrogen and oxygen atoms in total. The number of halogens is 1. The van der Waals surface area contributed by atoms with Crippen molar-refractivity contribution < 1.29 is 12.8 Å². The van der Waals surface area contributed by atoms with E-state index in [2.05, 4.69) is 9.97 Å². The Morgan fingerprint density at radius 1 is 0.960 bits per heavy atom.